The van der Waals surface area contributed by atoms with Gasteiger partial charge >= 0.3 is 0 Å². The summed E-state index contributed by atoms with van der Waals surface area (Å²) in [6.07, 6.45) is 0. The van der Waals surface area contributed by atoms with Crippen LogP contribution in [-0.2, 0) is 0 Å². The van der Waals surface area contributed by atoms with Gasteiger partial charge in [0.1, 0.15) is 0 Å². The van der Waals surface area contributed by atoms with Gasteiger partial charge in [-0.05, 0) is 12.1 Å². The Balaban J connectivity index is 2.15. The highest BCUT2D eigenvalue weighted by molar-refractivity contribution is 6.21. The number of rotatable bonds is 0. The molecule has 3 aromatic carbocycles. The molecule has 0 bridgehead atoms. The van der Waals surface area contributed by atoms with Crippen molar-refractivity contribution in [2.45, 2.75) is 0 Å². The fraction of sp³-hybridized carbons (Fsp3) is 0. The number of H-pyrrole nitrogens is 2. The second-order valence-electron chi connectivity index (χ2n) is 4.70. The molecular weight excluding hydrogens is 244 g/mol. The van der Waals surface area contributed by atoms with Gasteiger partial charge < -0.3 is 9.97 Å². The Morgan fingerprint density at radius 2 is 1.30 bits per heavy atom. The maximum Gasteiger partial charge on any atom is 0.0710 e. The molecule has 0 spiro atoms. The van der Waals surface area contributed by atoms with Gasteiger partial charge in [-0.25, -0.2) is 0 Å². The summed E-state index contributed by atoms with van der Waals surface area (Å²) in [5, 5.41) is 1.56. The Morgan fingerprint density at radius 1 is 0.650 bits per heavy atom. The van der Waals surface area contributed by atoms with E-state index in [1.54, 1.807) is 6.07 Å². The molecule has 0 unspecified atom stereocenters. The molecule has 0 aliphatic carbocycles. The molecule has 2 aromatic heterocycles. The summed E-state index contributed by atoms with van der Waals surface area (Å²) in [6.45, 7) is 0. The normalized spacial score (nSPS) is 16.9. The van der Waals surface area contributed by atoms with Crippen molar-refractivity contribution in [3.8, 4) is 0 Å². The van der Waals surface area contributed by atoms with E-state index < -0.39 is 0 Å². The van der Waals surface area contributed by atoms with Crippen LogP contribution >= 0.6 is 0 Å². The molecule has 94 valence electrons. The second-order valence-corrected chi connectivity index (χ2v) is 4.70. The molecule has 2 heterocycles. The van der Waals surface area contributed by atoms with Crippen molar-refractivity contribution in [2.75, 3.05) is 0 Å². The van der Waals surface area contributed by atoms with E-state index in [1.807, 2.05) is 0 Å². The highest BCUT2D eigenvalue weighted by Gasteiger charge is 2.10. The molecule has 5 aromatic rings. The first-order chi connectivity index (χ1) is 12.8. The zero-order valence-electron chi connectivity index (χ0n) is 17.2. The molecule has 0 aliphatic heterocycles. The minimum Gasteiger partial charge on any atom is -0.353 e. The molecule has 2 heteroatoms. The quantitative estimate of drug-likeness (QED) is 0.396. The largest absolute Gasteiger partial charge is 0.353 e. The minimum atomic E-state index is -0.108. The molecule has 0 amide bonds. The summed E-state index contributed by atoms with van der Waals surface area (Å²) in [5.74, 6) is 0. The third-order valence-corrected chi connectivity index (χ3v) is 3.61. The number of hydrogen-bond acceptors (Lipinski definition) is 0. The molecule has 2 N–H and O–H groups in total. The minimum absolute atomic E-state index is 0.0482. The predicted octanol–water partition coefficient (Wildman–Crippen LogP) is 4.96. The van der Waals surface area contributed by atoms with Gasteiger partial charge in [-0.1, -0.05) is 48.4 Å². The zero-order valence-corrected chi connectivity index (χ0v) is 10.2. The lowest BCUT2D eigenvalue weighted by atomic mass is 10.1. The lowest BCUT2D eigenvalue weighted by molar-refractivity contribution is 1.51. The summed E-state index contributed by atoms with van der Waals surface area (Å²) in [7, 11) is 0. The van der Waals surface area contributed by atoms with Gasteiger partial charge in [0.05, 0.1) is 20.6 Å². The van der Waals surface area contributed by atoms with Crippen LogP contribution in [-0.4, -0.2) is 9.97 Å². The molecule has 0 fully saturated rings. The van der Waals surface area contributed by atoms with Gasteiger partial charge in [-0.2, -0.15) is 0 Å². The van der Waals surface area contributed by atoms with Gasteiger partial charge in [-0.3, -0.25) is 0 Å². The van der Waals surface area contributed by atoms with E-state index in [0.717, 1.165) is 0 Å². The first-order valence-electron chi connectivity index (χ1n) is 9.73. The van der Waals surface area contributed by atoms with E-state index in [0.29, 0.717) is 38.2 Å². The summed E-state index contributed by atoms with van der Waals surface area (Å²) in [6, 6.07) is 4.19. The third-order valence-electron chi connectivity index (χ3n) is 3.61. The van der Waals surface area contributed by atoms with Crippen LogP contribution in [0.1, 0.15) is 9.60 Å². The average Bonchev–Trinajstić information content (AvgIpc) is 3.17. The van der Waals surface area contributed by atoms with Gasteiger partial charge in [0, 0.05) is 32.6 Å². The summed E-state index contributed by atoms with van der Waals surface area (Å²) in [5.41, 5.74) is 1.79. The molecule has 5 rings (SSSR count). The van der Waals surface area contributed by atoms with Crippen molar-refractivity contribution in [2.24, 2.45) is 0 Å². The summed E-state index contributed by atoms with van der Waals surface area (Å²) < 4.78 is 57.3. The van der Waals surface area contributed by atoms with Crippen LogP contribution in [0.5, 0.6) is 0 Å². The smallest absolute Gasteiger partial charge is 0.0710 e. The van der Waals surface area contributed by atoms with E-state index in [1.165, 1.54) is 12.1 Å². The second kappa shape index (κ2) is 3.42. The Hall–Kier alpha value is -2.74. The Morgan fingerprint density at radius 3 is 2.10 bits per heavy atom. The lowest BCUT2D eigenvalue weighted by Gasteiger charge is -1.94. The van der Waals surface area contributed by atoms with E-state index >= 15 is 0 Å². The van der Waals surface area contributed by atoms with Crippen LogP contribution in [0.15, 0.2) is 60.5 Å². The van der Waals surface area contributed by atoms with Gasteiger partial charge in [0.15, 0.2) is 0 Å². The molecule has 2 nitrogen and oxygen atoms in total. The number of aromatic amines is 2. The van der Waals surface area contributed by atoms with Crippen LogP contribution in [0.4, 0.5) is 0 Å². The van der Waals surface area contributed by atoms with Crippen molar-refractivity contribution in [1.82, 2.24) is 9.97 Å². The monoisotopic (exact) mass is 263 g/mol. The molecular formula is C18H12N2. The van der Waals surface area contributed by atoms with Gasteiger partial charge in [0.2, 0.25) is 0 Å². The molecule has 20 heavy (non-hydrogen) atoms. The number of benzene rings is 3. The van der Waals surface area contributed by atoms with E-state index in [-0.39, 0.29) is 47.7 Å². The van der Waals surface area contributed by atoms with Crippen LogP contribution in [0.2, 0.25) is 0 Å². The van der Waals surface area contributed by atoms with Crippen molar-refractivity contribution in [3.05, 3.63) is 60.5 Å². The highest BCUT2D eigenvalue weighted by Crippen LogP contribution is 2.34. The Labute approximate surface area is 124 Å². The van der Waals surface area contributed by atoms with Crippen LogP contribution in [0.3, 0.4) is 0 Å². The van der Waals surface area contributed by atoms with Crippen molar-refractivity contribution >= 4 is 43.6 Å². The first-order valence-corrected chi connectivity index (χ1v) is 6.23. The first kappa shape index (κ1) is 5.71. The van der Waals surface area contributed by atoms with Gasteiger partial charge in [0.25, 0.3) is 0 Å². The molecule has 0 atom stereocenters. The average molecular weight is 263 g/mol. The number of fused-ring (bicyclic) bond motifs is 7. The predicted molar refractivity (Wildman–Crippen MR) is 85.2 cm³/mol. The van der Waals surface area contributed by atoms with E-state index in [9.17, 15) is 0 Å². The van der Waals surface area contributed by atoms with Crippen molar-refractivity contribution in [1.29, 1.82) is 0 Å². The van der Waals surface area contributed by atoms with E-state index in [4.69, 9.17) is 9.60 Å². The fourth-order valence-corrected chi connectivity index (χ4v) is 2.72. The SMILES string of the molecule is [2H]c1cc([2H])c2[nH]c3c4[nH]c5c([2H])cc([2H])c([2H])c5c4c([2H])c([2H])c3c2c1. The highest BCUT2D eigenvalue weighted by atomic mass is 14.8. The molecule has 0 aliphatic rings. The maximum absolute atomic E-state index is 8.51. The summed E-state index contributed by atoms with van der Waals surface area (Å²) >= 11 is 0. The van der Waals surface area contributed by atoms with E-state index in [2.05, 4.69) is 9.97 Å². The zero-order chi connectivity index (χ0) is 19.2. The molecule has 0 radical (unpaired) electrons. The van der Waals surface area contributed by atoms with Crippen LogP contribution in [0.25, 0.3) is 43.6 Å². The number of para-hydroxylation sites is 2. The standard InChI is InChI=1S/C18H12N2/c1-3-7-15-11(5-1)13-9-10-14-12-6-2-4-8-16(12)20-18(14)17(13)19-15/h1-10,19-20H/i1D,2D,5D,7D,8D,9D,10D. The fourth-order valence-electron chi connectivity index (χ4n) is 2.72. The van der Waals surface area contributed by atoms with Crippen LogP contribution in [0, 0.1) is 0 Å². The van der Waals surface area contributed by atoms with Gasteiger partial charge in [-0.15, -0.1) is 0 Å². The van der Waals surface area contributed by atoms with Crippen molar-refractivity contribution in [3.63, 3.8) is 0 Å². The maximum atomic E-state index is 8.51. The lowest BCUT2D eigenvalue weighted by Crippen LogP contribution is -1.72. The number of nitrogens with one attached hydrogen (secondary N) is 2. The van der Waals surface area contributed by atoms with Crippen LogP contribution < -0.4 is 0 Å². The Bertz CT molecular complexity index is 1450. The molecule has 0 saturated heterocycles. The third kappa shape index (κ3) is 1.14. The number of hydrogen-bond donors (Lipinski definition) is 2. The molecule has 0 saturated carbocycles. The van der Waals surface area contributed by atoms with Crippen molar-refractivity contribution < 1.29 is 9.60 Å². The number of aromatic nitrogens is 2. The topological polar surface area (TPSA) is 31.6 Å². The Kier molecular flexibility index (Phi) is 0.978. The summed E-state index contributed by atoms with van der Waals surface area (Å²) in [4.78, 5) is 6.21.